The predicted octanol–water partition coefficient (Wildman–Crippen LogP) is 1.71. The number of nitrogens with two attached hydrogens (primary N) is 1. The van der Waals surface area contributed by atoms with Gasteiger partial charge in [-0.05, 0) is 25.0 Å². The zero-order chi connectivity index (χ0) is 10.9. The van der Waals surface area contributed by atoms with Crippen LogP contribution in [-0.4, -0.2) is 19.1 Å². The summed E-state index contributed by atoms with van der Waals surface area (Å²) < 4.78 is 5.10. The van der Waals surface area contributed by atoms with Crippen LogP contribution in [0.2, 0.25) is 0 Å². The SMILES string of the molecule is NCCCC(=O)OCC1=CCC=CC=C1. The Hall–Kier alpha value is -1.35. The summed E-state index contributed by atoms with van der Waals surface area (Å²) in [5.74, 6) is -0.174. The van der Waals surface area contributed by atoms with Crippen molar-refractivity contribution < 1.29 is 9.53 Å². The van der Waals surface area contributed by atoms with Crippen molar-refractivity contribution in [1.82, 2.24) is 0 Å². The molecule has 0 unspecified atom stereocenters. The van der Waals surface area contributed by atoms with Gasteiger partial charge >= 0.3 is 5.97 Å². The minimum atomic E-state index is -0.174. The molecule has 0 aliphatic heterocycles. The van der Waals surface area contributed by atoms with E-state index in [1.54, 1.807) is 0 Å². The quantitative estimate of drug-likeness (QED) is 0.698. The number of hydrogen-bond acceptors (Lipinski definition) is 3. The molecule has 0 spiro atoms. The normalized spacial score (nSPS) is 14.6. The van der Waals surface area contributed by atoms with Gasteiger partial charge in [-0.15, -0.1) is 0 Å². The molecule has 15 heavy (non-hydrogen) atoms. The number of carbonyl (C=O) groups excluding carboxylic acids is 1. The van der Waals surface area contributed by atoms with Gasteiger partial charge < -0.3 is 10.5 Å². The summed E-state index contributed by atoms with van der Waals surface area (Å²) in [5, 5.41) is 0. The lowest BCUT2D eigenvalue weighted by Gasteiger charge is -2.04. The van der Waals surface area contributed by atoms with Gasteiger partial charge in [-0.1, -0.05) is 30.4 Å². The predicted molar refractivity (Wildman–Crippen MR) is 60.2 cm³/mol. The summed E-state index contributed by atoms with van der Waals surface area (Å²) in [6, 6.07) is 0. The Morgan fingerprint density at radius 2 is 2.33 bits per heavy atom. The number of esters is 1. The van der Waals surface area contributed by atoms with Crippen molar-refractivity contribution in [2.24, 2.45) is 5.73 Å². The number of carbonyl (C=O) groups is 1. The molecule has 0 aromatic rings. The van der Waals surface area contributed by atoms with E-state index in [1.807, 2.05) is 18.2 Å². The maximum absolute atomic E-state index is 11.2. The van der Waals surface area contributed by atoms with Crippen molar-refractivity contribution in [3.8, 4) is 0 Å². The molecule has 82 valence electrons. The van der Waals surface area contributed by atoms with Gasteiger partial charge in [0.1, 0.15) is 6.61 Å². The van der Waals surface area contributed by atoms with Crippen LogP contribution in [0.25, 0.3) is 0 Å². The molecule has 0 aromatic heterocycles. The van der Waals surface area contributed by atoms with Gasteiger partial charge in [0.15, 0.2) is 0 Å². The highest BCUT2D eigenvalue weighted by Crippen LogP contribution is 2.06. The lowest BCUT2D eigenvalue weighted by molar-refractivity contribution is -0.142. The summed E-state index contributed by atoms with van der Waals surface area (Å²) in [5.41, 5.74) is 6.34. The van der Waals surface area contributed by atoms with Crippen LogP contribution in [0.4, 0.5) is 0 Å². The monoisotopic (exact) mass is 207 g/mol. The molecular weight excluding hydrogens is 190 g/mol. The van der Waals surface area contributed by atoms with E-state index in [0.29, 0.717) is 26.0 Å². The number of ether oxygens (including phenoxy) is 1. The van der Waals surface area contributed by atoms with Crippen molar-refractivity contribution in [3.63, 3.8) is 0 Å². The minimum absolute atomic E-state index is 0.174. The molecule has 0 saturated carbocycles. The highest BCUT2D eigenvalue weighted by molar-refractivity contribution is 5.69. The zero-order valence-corrected chi connectivity index (χ0v) is 8.82. The van der Waals surface area contributed by atoms with Crippen LogP contribution < -0.4 is 5.73 Å². The summed E-state index contributed by atoms with van der Waals surface area (Å²) in [4.78, 5) is 11.2. The molecule has 1 aliphatic carbocycles. The van der Waals surface area contributed by atoms with E-state index in [1.165, 1.54) is 0 Å². The third-order valence-electron chi connectivity index (χ3n) is 2.06. The van der Waals surface area contributed by atoms with Crippen LogP contribution in [0, 0.1) is 0 Å². The molecule has 3 nitrogen and oxygen atoms in total. The molecule has 0 fully saturated rings. The molecule has 0 heterocycles. The molecule has 2 N–H and O–H groups in total. The van der Waals surface area contributed by atoms with E-state index in [0.717, 1.165) is 12.0 Å². The number of hydrogen-bond donors (Lipinski definition) is 1. The van der Waals surface area contributed by atoms with Gasteiger partial charge in [0.2, 0.25) is 0 Å². The second kappa shape index (κ2) is 7.01. The van der Waals surface area contributed by atoms with Crippen molar-refractivity contribution >= 4 is 5.97 Å². The molecule has 1 rings (SSSR count). The first kappa shape index (κ1) is 11.7. The average Bonchev–Trinajstić information content (AvgIpc) is 2.51. The molecule has 0 saturated heterocycles. The van der Waals surface area contributed by atoms with Crippen LogP contribution in [0.3, 0.4) is 0 Å². The van der Waals surface area contributed by atoms with Gasteiger partial charge in [0.05, 0.1) is 0 Å². The Labute approximate surface area is 90.3 Å². The standard InChI is InChI=1S/C12H17NO2/c13-9-5-8-12(14)15-10-11-6-3-1-2-4-7-11/h1-3,6-7H,4-5,8-10,13H2. The lowest BCUT2D eigenvalue weighted by atomic mass is 10.2. The summed E-state index contributed by atoms with van der Waals surface area (Å²) in [6.45, 7) is 0.892. The van der Waals surface area contributed by atoms with E-state index in [2.05, 4.69) is 12.2 Å². The first-order chi connectivity index (χ1) is 7.33. The first-order valence-corrected chi connectivity index (χ1v) is 5.21. The van der Waals surface area contributed by atoms with Crippen molar-refractivity contribution in [3.05, 3.63) is 36.0 Å². The number of allylic oxidation sites excluding steroid dienone is 4. The smallest absolute Gasteiger partial charge is 0.306 e. The number of rotatable bonds is 5. The van der Waals surface area contributed by atoms with Crippen LogP contribution in [0.15, 0.2) is 36.0 Å². The maximum Gasteiger partial charge on any atom is 0.306 e. The first-order valence-electron chi connectivity index (χ1n) is 5.21. The Balaban J connectivity index is 2.24. The summed E-state index contributed by atoms with van der Waals surface area (Å²) >= 11 is 0. The fraction of sp³-hybridized carbons (Fsp3) is 0.417. The highest BCUT2D eigenvalue weighted by atomic mass is 16.5. The van der Waals surface area contributed by atoms with Crippen molar-refractivity contribution in [1.29, 1.82) is 0 Å². The highest BCUT2D eigenvalue weighted by Gasteiger charge is 2.02. The Kier molecular flexibility index (Phi) is 5.48. The van der Waals surface area contributed by atoms with Crippen LogP contribution >= 0.6 is 0 Å². The molecule has 0 radical (unpaired) electrons. The third kappa shape index (κ3) is 5.18. The average molecular weight is 207 g/mol. The zero-order valence-electron chi connectivity index (χ0n) is 8.82. The molecule has 0 atom stereocenters. The lowest BCUT2D eigenvalue weighted by Crippen LogP contribution is -2.09. The molecule has 1 aliphatic rings. The van der Waals surface area contributed by atoms with E-state index in [4.69, 9.17) is 10.5 Å². The Morgan fingerprint density at radius 3 is 3.13 bits per heavy atom. The minimum Gasteiger partial charge on any atom is -0.461 e. The topological polar surface area (TPSA) is 52.3 Å². The van der Waals surface area contributed by atoms with Crippen LogP contribution in [-0.2, 0) is 9.53 Å². The van der Waals surface area contributed by atoms with Crippen molar-refractivity contribution in [2.45, 2.75) is 19.3 Å². The molecule has 0 aromatic carbocycles. The van der Waals surface area contributed by atoms with Gasteiger partial charge in [0.25, 0.3) is 0 Å². The van der Waals surface area contributed by atoms with Gasteiger partial charge in [-0.25, -0.2) is 0 Å². The maximum atomic E-state index is 11.2. The van der Waals surface area contributed by atoms with Crippen LogP contribution in [0.1, 0.15) is 19.3 Å². The molecular formula is C12H17NO2. The third-order valence-corrected chi connectivity index (χ3v) is 2.06. The van der Waals surface area contributed by atoms with Gasteiger partial charge in [-0.2, -0.15) is 0 Å². The van der Waals surface area contributed by atoms with E-state index in [-0.39, 0.29) is 5.97 Å². The summed E-state index contributed by atoms with van der Waals surface area (Å²) in [6.07, 6.45) is 12.0. The van der Waals surface area contributed by atoms with Gasteiger partial charge in [-0.3, -0.25) is 4.79 Å². The summed E-state index contributed by atoms with van der Waals surface area (Å²) in [7, 11) is 0. The fourth-order valence-electron chi connectivity index (χ4n) is 1.21. The van der Waals surface area contributed by atoms with E-state index in [9.17, 15) is 4.79 Å². The Morgan fingerprint density at radius 1 is 1.47 bits per heavy atom. The van der Waals surface area contributed by atoms with Gasteiger partial charge in [0, 0.05) is 6.42 Å². The second-order valence-electron chi connectivity index (χ2n) is 3.35. The van der Waals surface area contributed by atoms with Crippen molar-refractivity contribution in [2.75, 3.05) is 13.2 Å². The van der Waals surface area contributed by atoms with E-state index >= 15 is 0 Å². The largest absolute Gasteiger partial charge is 0.461 e. The van der Waals surface area contributed by atoms with Crippen LogP contribution in [0.5, 0.6) is 0 Å². The fourth-order valence-corrected chi connectivity index (χ4v) is 1.21. The molecule has 0 bridgehead atoms. The molecule has 3 heteroatoms. The Bertz CT molecular complexity index is 290. The van der Waals surface area contributed by atoms with E-state index < -0.39 is 0 Å². The second-order valence-corrected chi connectivity index (χ2v) is 3.35. The molecule has 0 amide bonds.